The third-order valence-electron chi connectivity index (χ3n) is 4.51. The van der Waals surface area contributed by atoms with Crippen molar-refractivity contribution in [3.63, 3.8) is 0 Å². The highest BCUT2D eigenvalue weighted by Crippen LogP contribution is 2.17. The zero-order chi connectivity index (χ0) is 20.6. The number of unbranched alkanes of at least 4 members (excludes halogenated alkanes) is 4. The van der Waals surface area contributed by atoms with Crippen LogP contribution in [0.4, 0.5) is 0 Å². The van der Waals surface area contributed by atoms with Crippen molar-refractivity contribution < 1.29 is 18.3 Å². The Morgan fingerprint density at radius 1 is 1.07 bits per heavy atom. The van der Waals surface area contributed by atoms with Crippen molar-refractivity contribution in [1.29, 1.82) is 0 Å². The molecule has 1 heterocycles. The molecule has 0 bridgehead atoms. The largest absolute Gasteiger partial charge is 0.493 e. The summed E-state index contributed by atoms with van der Waals surface area (Å²) in [6.45, 7) is 3.66. The second-order valence-corrected chi connectivity index (χ2v) is 8.82. The van der Waals surface area contributed by atoms with Crippen LogP contribution in [0, 0.1) is 0 Å². The molecule has 0 atom stereocenters. The van der Waals surface area contributed by atoms with Gasteiger partial charge in [0.15, 0.2) is 0 Å². The average molecular weight is 411 g/mol. The molecule has 0 fully saturated rings. The van der Waals surface area contributed by atoms with Crippen molar-refractivity contribution in [3.8, 4) is 11.6 Å². The Balaban J connectivity index is 1.92. The molecule has 2 aromatic rings. The van der Waals surface area contributed by atoms with Crippen molar-refractivity contribution >= 4 is 10.0 Å². The minimum absolute atomic E-state index is 0.418. The SMILES string of the molecule is CCCCCCCOCCCc1cccc(-n2c(O)cn(S(C)(=O)=O)c2=O)c1. The highest BCUT2D eigenvalue weighted by molar-refractivity contribution is 7.89. The number of aromatic hydroxyl groups is 1. The number of hydrogen-bond donors (Lipinski definition) is 1. The highest BCUT2D eigenvalue weighted by Gasteiger charge is 2.18. The van der Waals surface area contributed by atoms with E-state index < -0.39 is 21.6 Å². The molecule has 0 radical (unpaired) electrons. The summed E-state index contributed by atoms with van der Waals surface area (Å²) in [5.74, 6) is -0.418. The van der Waals surface area contributed by atoms with Crippen molar-refractivity contribution in [1.82, 2.24) is 8.54 Å². The topological polar surface area (TPSA) is 90.5 Å². The summed E-state index contributed by atoms with van der Waals surface area (Å²) in [5.41, 5.74) is 0.602. The monoisotopic (exact) mass is 410 g/mol. The van der Waals surface area contributed by atoms with E-state index in [0.29, 0.717) is 16.3 Å². The van der Waals surface area contributed by atoms with E-state index in [9.17, 15) is 18.3 Å². The Morgan fingerprint density at radius 2 is 1.79 bits per heavy atom. The number of benzene rings is 1. The maximum Gasteiger partial charge on any atom is 0.349 e. The lowest BCUT2D eigenvalue weighted by molar-refractivity contribution is 0.127. The Kier molecular flexibility index (Phi) is 8.32. The minimum Gasteiger partial charge on any atom is -0.493 e. The van der Waals surface area contributed by atoms with E-state index in [-0.39, 0.29) is 0 Å². The molecule has 0 saturated carbocycles. The highest BCUT2D eigenvalue weighted by atomic mass is 32.2. The van der Waals surface area contributed by atoms with Crippen LogP contribution in [0.15, 0.2) is 35.3 Å². The first-order valence-corrected chi connectivity index (χ1v) is 11.6. The molecule has 1 aromatic heterocycles. The summed E-state index contributed by atoms with van der Waals surface area (Å²) >= 11 is 0. The molecule has 0 aliphatic carbocycles. The lowest BCUT2D eigenvalue weighted by Crippen LogP contribution is -2.27. The van der Waals surface area contributed by atoms with Crippen molar-refractivity contribution in [2.24, 2.45) is 0 Å². The first-order valence-electron chi connectivity index (χ1n) is 9.75. The molecule has 0 unspecified atom stereocenters. The molecule has 0 saturated heterocycles. The number of aromatic nitrogens is 2. The van der Waals surface area contributed by atoms with Gasteiger partial charge in [-0.1, -0.05) is 44.7 Å². The number of rotatable bonds is 12. The average Bonchev–Trinajstić information content (AvgIpc) is 2.95. The number of ether oxygens (including phenoxy) is 1. The van der Waals surface area contributed by atoms with E-state index in [4.69, 9.17) is 4.74 Å². The zero-order valence-electron chi connectivity index (χ0n) is 16.6. The van der Waals surface area contributed by atoms with E-state index in [1.54, 1.807) is 18.2 Å². The standard InChI is InChI=1S/C20H30N2O5S/c1-3-4-5-6-7-13-27-14-9-11-17-10-8-12-18(15-17)22-19(23)16-21(20(22)24)28(2,25)26/h8,10,12,15-16,23H,3-7,9,11,13-14H2,1-2H3. The molecule has 156 valence electrons. The van der Waals surface area contributed by atoms with Crippen molar-refractivity contribution in [2.75, 3.05) is 19.5 Å². The summed E-state index contributed by atoms with van der Waals surface area (Å²) in [5, 5.41) is 10.0. The van der Waals surface area contributed by atoms with Crippen LogP contribution in [-0.2, 0) is 21.2 Å². The molecule has 0 aliphatic rings. The van der Waals surface area contributed by atoms with Crippen LogP contribution < -0.4 is 5.69 Å². The van der Waals surface area contributed by atoms with E-state index in [2.05, 4.69) is 6.92 Å². The molecule has 0 spiro atoms. The van der Waals surface area contributed by atoms with Crippen molar-refractivity contribution in [3.05, 3.63) is 46.5 Å². The van der Waals surface area contributed by atoms with Gasteiger partial charge in [-0.2, -0.15) is 3.97 Å². The molecular formula is C20H30N2O5S. The van der Waals surface area contributed by atoms with Crippen LogP contribution in [0.1, 0.15) is 51.0 Å². The third-order valence-corrected chi connectivity index (χ3v) is 5.49. The third kappa shape index (κ3) is 6.24. The maximum atomic E-state index is 12.3. The fourth-order valence-corrected chi connectivity index (χ4v) is 3.68. The second kappa shape index (κ2) is 10.5. The number of aryl methyl sites for hydroxylation is 1. The van der Waals surface area contributed by atoms with Crippen LogP contribution in [0.5, 0.6) is 5.88 Å². The lowest BCUT2D eigenvalue weighted by atomic mass is 10.1. The molecule has 2 rings (SSSR count). The lowest BCUT2D eigenvalue weighted by Gasteiger charge is -2.07. The van der Waals surface area contributed by atoms with Gasteiger partial charge in [-0.15, -0.1) is 0 Å². The van der Waals surface area contributed by atoms with Gasteiger partial charge in [-0.3, -0.25) is 0 Å². The molecule has 1 aromatic carbocycles. The fourth-order valence-electron chi connectivity index (χ4n) is 3.03. The molecule has 8 heteroatoms. The Morgan fingerprint density at radius 3 is 2.46 bits per heavy atom. The summed E-state index contributed by atoms with van der Waals surface area (Å²) in [6.07, 6.45) is 9.54. The first kappa shape index (κ1) is 22.2. The predicted molar refractivity (Wildman–Crippen MR) is 110 cm³/mol. The van der Waals surface area contributed by atoms with E-state index in [0.717, 1.165) is 48.5 Å². The Bertz CT molecular complexity index is 915. The molecule has 7 nitrogen and oxygen atoms in total. The minimum atomic E-state index is -3.78. The van der Waals surface area contributed by atoms with Crippen LogP contribution in [0.2, 0.25) is 0 Å². The smallest absolute Gasteiger partial charge is 0.349 e. The predicted octanol–water partition coefficient (Wildman–Crippen LogP) is 3.07. The van der Waals surface area contributed by atoms with E-state index >= 15 is 0 Å². The molecule has 0 amide bonds. The van der Waals surface area contributed by atoms with Crippen LogP contribution in [0.3, 0.4) is 0 Å². The summed E-state index contributed by atoms with van der Waals surface area (Å²) in [7, 11) is -3.78. The van der Waals surface area contributed by atoms with Gasteiger partial charge in [0.2, 0.25) is 15.9 Å². The van der Waals surface area contributed by atoms with Gasteiger partial charge >= 0.3 is 5.69 Å². The van der Waals surface area contributed by atoms with E-state index in [1.807, 2.05) is 6.07 Å². The molecule has 1 N–H and O–H groups in total. The number of imidazole rings is 1. The quantitative estimate of drug-likeness (QED) is 0.543. The van der Waals surface area contributed by atoms with Gasteiger partial charge in [-0.25, -0.2) is 17.8 Å². The number of nitrogens with zero attached hydrogens (tertiary/aromatic N) is 2. The van der Waals surface area contributed by atoms with Crippen LogP contribution in [-0.4, -0.2) is 41.5 Å². The van der Waals surface area contributed by atoms with Gasteiger partial charge in [0.25, 0.3) is 0 Å². The van der Waals surface area contributed by atoms with Gasteiger partial charge in [0.05, 0.1) is 18.1 Å². The Hall–Kier alpha value is -2.06. The zero-order valence-corrected chi connectivity index (χ0v) is 17.5. The summed E-state index contributed by atoms with van der Waals surface area (Å²) < 4.78 is 30.5. The van der Waals surface area contributed by atoms with Crippen LogP contribution in [0.25, 0.3) is 5.69 Å². The van der Waals surface area contributed by atoms with Crippen molar-refractivity contribution in [2.45, 2.75) is 51.9 Å². The van der Waals surface area contributed by atoms with Gasteiger partial charge in [0.1, 0.15) is 0 Å². The normalized spacial score (nSPS) is 11.8. The first-order chi connectivity index (χ1) is 13.3. The summed E-state index contributed by atoms with van der Waals surface area (Å²) in [4.78, 5) is 12.3. The van der Waals surface area contributed by atoms with Gasteiger partial charge < -0.3 is 9.84 Å². The van der Waals surface area contributed by atoms with E-state index in [1.165, 1.54) is 25.7 Å². The summed E-state index contributed by atoms with van der Waals surface area (Å²) in [6, 6.07) is 7.15. The number of hydrogen-bond acceptors (Lipinski definition) is 5. The fraction of sp³-hybridized carbons (Fsp3) is 0.550. The maximum absolute atomic E-state index is 12.3. The van der Waals surface area contributed by atoms with Crippen LogP contribution >= 0.6 is 0 Å². The second-order valence-electron chi connectivity index (χ2n) is 6.96. The van der Waals surface area contributed by atoms with Gasteiger partial charge in [-0.05, 0) is 37.0 Å². The molecule has 0 aliphatic heterocycles. The Labute approximate surface area is 166 Å². The molecule has 28 heavy (non-hydrogen) atoms. The van der Waals surface area contributed by atoms with Gasteiger partial charge in [0, 0.05) is 13.2 Å². The molecular weight excluding hydrogens is 380 g/mol.